The number of halogens is 1. The molecule has 0 saturated carbocycles. The van der Waals surface area contributed by atoms with Crippen LogP contribution >= 0.6 is 0 Å². The fraction of sp³-hybridized carbons (Fsp3) is 0.231. The molecule has 0 nitrogen and oxygen atoms in total. The van der Waals surface area contributed by atoms with Gasteiger partial charge in [-0.3, -0.25) is 0 Å². The van der Waals surface area contributed by atoms with Crippen molar-refractivity contribution in [1.29, 1.82) is 0 Å². The van der Waals surface area contributed by atoms with Crippen LogP contribution < -0.4 is 0 Å². The standard InChI is InChI=1S/C15H10F.C9H13.C2H6Si.Zr/c16-13-8-5-12(6-9-13)15-10-7-11-3-1-2-4-14(11)15;1-6-5-7(2)9(4)8(6)3;1-3-2;/h1-10H;5H,1-4H3;1-2H3;/q2*-1;;+2. The molecule has 0 spiro atoms. The Kier molecular flexibility index (Phi) is 8.99. The second-order valence-corrected chi connectivity index (χ2v) is 17.0. The van der Waals surface area contributed by atoms with Gasteiger partial charge in [0.2, 0.25) is 0 Å². The zero-order valence-corrected chi connectivity index (χ0v) is 21.7. The van der Waals surface area contributed by atoms with E-state index >= 15 is 0 Å². The van der Waals surface area contributed by atoms with E-state index in [1.807, 2.05) is 24.3 Å². The van der Waals surface area contributed by atoms with Crippen molar-refractivity contribution in [3.63, 3.8) is 0 Å². The first-order valence-electron chi connectivity index (χ1n) is 9.83. The summed E-state index contributed by atoms with van der Waals surface area (Å²) in [6.07, 6.45) is 0. The molecule has 4 aromatic carbocycles. The molecule has 148 valence electrons. The fourth-order valence-electron chi connectivity index (χ4n) is 3.16. The van der Waals surface area contributed by atoms with E-state index in [9.17, 15) is 4.39 Å². The molecule has 0 aromatic heterocycles. The van der Waals surface area contributed by atoms with Gasteiger partial charge in [0.05, 0.1) is 0 Å². The number of hydrogen-bond acceptors (Lipinski definition) is 0. The molecule has 0 amide bonds. The quantitative estimate of drug-likeness (QED) is 0.193. The smallest absolute Gasteiger partial charge is 0.123 e. The molecule has 0 aliphatic carbocycles. The summed E-state index contributed by atoms with van der Waals surface area (Å²) in [4.78, 5) is 0. The van der Waals surface area contributed by atoms with Crippen LogP contribution in [0.3, 0.4) is 0 Å². The molecule has 0 atom stereocenters. The summed E-state index contributed by atoms with van der Waals surface area (Å²) in [5.41, 5.74) is 8.18. The van der Waals surface area contributed by atoms with Crippen LogP contribution in [0.1, 0.15) is 22.3 Å². The van der Waals surface area contributed by atoms with Crippen LogP contribution in [-0.4, -0.2) is 5.43 Å². The van der Waals surface area contributed by atoms with E-state index in [0.29, 0.717) is 0 Å². The molecule has 0 radical (unpaired) electrons. The summed E-state index contributed by atoms with van der Waals surface area (Å²) in [7, 11) is 0. The molecule has 0 N–H and O–H groups in total. The number of benzene rings is 2. The maximum Gasteiger partial charge on any atom is 0.123 e. The molecule has 4 aromatic rings. The van der Waals surface area contributed by atoms with Gasteiger partial charge < -0.3 is 0 Å². The van der Waals surface area contributed by atoms with Crippen molar-refractivity contribution < 1.29 is 27.7 Å². The first-order valence-corrected chi connectivity index (χ1v) is 16.0. The van der Waals surface area contributed by atoms with Gasteiger partial charge in [0, 0.05) is 0 Å². The SMILES string of the molecule is C[Si](C)=[Zr+2].Cc1[cH-]c(C)c(C)c1C.Fc1ccc(-c2c[cH-]c3ccccc23)cc1. The Labute approximate surface area is 189 Å². The van der Waals surface area contributed by atoms with Crippen molar-refractivity contribution in [2.24, 2.45) is 0 Å². The van der Waals surface area contributed by atoms with Crippen LogP contribution in [0.2, 0.25) is 13.1 Å². The summed E-state index contributed by atoms with van der Waals surface area (Å²) in [6.45, 7) is 13.3. The summed E-state index contributed by atoms with van der Waals surface area (Å²) in [5, 5.41) is 2.44. The van der Waals surface area contributed by atoms with Gasteiger partial charge in [0.25, 0.3) is 0 Å². The molecular formula is C26H29FSiZr. The van der Waals surface area contributed by atoms with Crippen molar-refractivity contribution in [2.75, 3.05) is 0 Å². The Hall–Kier alpha value is -1.57. The average molecular weight is 480 g/mol. The third-order valence-electron chi connectivity index (χ3n) is 5.01. The monoisotopic (exact) mass is 478 g/mol. The van der Waals surface area contributed by atoms with Crippen molar-refractivity contribution >= 4 is 16.2 Å². The molecular weight excluding hydrogens is 451 g/mol. The maximum absolute atomic E-state index is 12.8. The van der Waals surface area contributed by atoms with E-state index in [4.69, 9.17) is 0 Å². The predicted molar refractivity (Wildman–Crippen MR) is 123 cm³/mol. The first kappa shape index (κ1) is 23.7. The predicted octanol–water partition coefficient (Wildman–Crippen LogP) is 7.79. The zero-order valence-electron chi connectivity index (χ0n) is 18.2. The van der Waals surface area contributed by atoms with Gasteiger partial charge in [-0.25, -0.2) is 4.39 Å². The Balaban J connectivity index is 0.000000195. The van der Waals surface area contributed by atoms with Crippen molar-refractivity contribution in [3.8, 4) is 11.1 Å². The molecule has 0 aliphatic rings. The van der Waals surface area contributed by atoms with Crippen LogP contribution in [0.25, 0.3) is 21.9 Å². The maximum atomic E-state index is 12.8. The van der Waals surface area contributed by atoms with Gasteiger partial charge in [0.1, 0.15) is 5.82 Å². The third-order valence-corrected chi connectivity index (χ3v) is 5.01. The number of fused-ring (bicyclic) bond motifs is 1. The molecule has 3 heteroatoms. The van der Waals surface area contributed by atoms with Crippen LogP contribution in [-0.2, 0) is 23.3 Å². The normalized spacial score (nSPS) is 10.1. The van der Waals surface area contributed by atoms with Gasteiger partial charge in [-0.1, -0.05) is 51.5 Å². The Morgan fingerprint density at radius 2 is 1.34 bits per heavy atom. The molecule has 0 bridgehead atoms. The van der Waals surface area contributed by atoms with E-state index in [2.05, 4.69) is 71.1 Å². The molecule has 0 aliphatic heterocycles. The molecule has 29 heavy (non-hydrogen) atoms. The van der Waals surface area contributed by atoms with Gasteiger partial charge >= 0.3 is 41.9 Å². The van der Waals surface area contributed by atoms with E-state index in [0.717, 1.165) is 11.1 Å². The molecule has 0 heterocycles. The van der Waals surface area contributed by atoms with Crippen LogP contribution in [0, 0.1) is 33.5 Å². The summed E-state index contributed by atoms with van der Waals surface area (Å²) in [5.74, 6) is -0.195. The molecule has 4 rings (SSSR count). The fourth-order valence-corrected chi connectivity index (χ4v) is 3.16. The summed E-state index contributed by atoms with van der Waals surface area (Å²) < 4.78 is 12.8. The Morgan fingerprint density at radius 1 is 0.828 bits per heavy atom. The second kappa shape index (κ2) is 11.0. The summed E-state index contributed by atoms with van der Waals surface area (Å²) in [6, 6.07) is 21.3. The largest absolute Gasteiger partial charge is 0.207 e. The minimum Gasteiger partial charge on any atom is -0.207 e. The first-order chi connectivity index (χ1) is 13.7. The van der Waals surface area contributed by atoms with E-state index < -0.39 is 0 Å². The average Bonchev–Trinajstić information content (AvgIpc) is 3.20. The van der Waals surface area contributed by atoms with Gasteiger partial charge in [-0.15, -0.1) is 46.7 Å². The third kappa shape index (κ3) is 6.73. The molecule has 0 fully saturated rings. The van der Waals surface area contributed by atoms with Gasteiger partial charge in [-0.05, 0) is 12.1 Å². The number of aryl methyl sites for hydroxylation is 2. The summed E-state index contributed by atoms with van der Waals surface area (Å²) >= 11 is 1.74. The van der Waals surface area contributed by atoms with Gasteiger partial charge in [0.15, 0.2) is 0 Å². The number of hydrogen-bond donors (Lipinski definition) is 0. The second-order valence-electron chi connectivity index (χ2n) is 7.60. The zero-order chi connectivity index (χ0) is 21.6. The topological polar surface area (TPSA) is 0 Å². The van der Waals surface area contributed by atoms with Crippen molar-refractivity contribution in [3.05, 3.63) is 94.8 Å². The Bertz CT molecular complexity index is 1060. The van der Waals surface area contributed by atoms with Crippen LogP contribution in [0.5, 0.6) is 0 Å². The van der Waals surface area contributed by atoms with Crippen LogP contribution in [0.15, 0.2) is 66.7 Å². The minimum absolute atomic E-state index is 0.195. The van der Waals surface area contributed by atoms with E-state index in [1.54, 1.807) is 23.3 Å². The molecule has 0 saturated heterocycles. The number of rotatable bonds is 1. The van der Waals surface area contributed by atoms with Crippen molar-refractivity contribution in [1.82, 2.24) is 0 Å². The van der Waals surface area contributed by atoms with Crippen molar-refractivity contribution in [2.45, 2.75) is 40.8 Å². The van der Waals surface area contributed by atoms with E-state index in [-0.39, 0.29) is 11.3 Å². The molecule has 0 unspecified atom stereocenters. The minimum atomic E-state index is -0.195. The van der Waals surface area contributed by atoms with Crippen LogP contribution in [0.4, 0.5) is 4.39 Å². The van der Waals surface area contributed by atoms with Gasteiger partial charge in [-0.2, -0.15) is 28.3 Å². The van der Waals surface area contributed by atoms with E-state index in [1.165, 1.54) is 45.2 Å². The Morgan fingerprint density at radius 3 is 1.83 bits per heavy atom.